The Labute approximate surface area is 116 Å². The molecule has 106 valence electrons. The van der Waals surface area contributed by atoms with Crippen LogP contribution < -0.4 is 10.6 Å². The number of carbonyl (C=O) groups is 1. The molecule has 1 atom stereocenters. The van der Waals surface area contributed by atoms with Gasteiger partial charge >= 0.3 is 0 Å². The first kappa shape index (κ1) is 15.5. The van der Waals surface area contributed by atoms with Crippen LogP contribution in [0.4, 0.5) is 5.69 Å². The van der Waals surface area contributed by atoms with Crippen molar-refractivity contribution in [3.8, 4) is 0 Å². The molecule has 19 heavy (non-hydrogen) atoms. The van der Waals surface area contributed by atoms with Crippen LogP contribution in [-0.2, 0) is 4.79 Å². The molecule has 2 N–H and O–H groups in total. The van der Waals surface area contributed by atoms with Gasteiger partial charge in [0.2, 0.25) is 5.91 Å². The van der Waals surface area contributed by atoms with E-state index in [9.17, 15) is 4.79 Å². The van der Waals surface area contributed by atoms with Crippen molar-refractivity contribution >= 4 is 11.6 Å². The summed E-state index contributed by atoms with van der Waals surface area (Å²) in [7, 11) is 0. The third kappa shape index (κ3) is 5.77. The van der Waals surface area contributed by atoms with E-state index in [1.807, 2.05) is 6.92 Å². The molecule has 1 amide bonds. The van der Waals surface area contributed by atoms with Crippen molar-refractivity contribution in [2.45, 2.75) is 53.0 Å². The number of hydrogen-bond acceptors (Lipinski definition) is 2. The summed E-state index contributed by atoms with van der Waals surface area (Å²) >= 11 is 0. The Morgan fingerprint density at radius 3 is 2.37 bits per heavy atom. The molecule has 3 nitrogen and oxygen atoms in total. The molecular weight excluding hydrogens is 236 g/mol. The molecule has 1 aromatic rings. The molecule has 0 aromatic heterocycles. The van der Waals surface area contributed by atoms with Gasteiger partial charge in [0.15, 0.2) is 0 Å². The maximum Gasteiger partial charge on any atom is 0.242 e. The van der Waals surface area contributed by atoms with Gasteiger partial charge in [0.1, 0.15) is 6.04 Å². The molecule has 0 fully saturated rings. The maximum absolute atomic E-state index is 11.9. The van der Waals surface area contributed by atoms with E-state index in [0.717, 1.165) is 18.7 Å². The fraction of sp³-hybridized carbons (Fsp3) is 0.562. The lowest BCUT2D eigenvalue weighted by molar-refractivity contribution is -0.121. The van der Waals surface area contributed by atoms with Crippen molar-refractivity contribution in [3.05, 3.63) is 29.3 Å². The van der Waals surface area contributed by atoms with Crippen molar-refractivity contribution < 1.29 is 4.79 Å². The van der Waals surface area contributed by atoms with Gasteiger partial charge in [-0.05, 0) is 50.5 Å². The van der Waals surface area contributed by atoms with E-state index in [-0.39, 0.29) is 11.9 Å². The third-order valence-electron chi connectivity index (χ3n) is 3.08. The number of aryl methyl sites for hydroxylation is 2. The zero-order chi connectivity index (χ0) is 14.3. The average Bonchev–Trinajstić information content (AvgIpc) is 2.33. The zero-order valence-electron chi connectivity index (χ0n) is 12.5. The molecule has 0 radical (unpaired) electrons. The second-order valence-corrected chi connectivity index (χ2v) is 5.24. The molecule has 1 aromatic carbocycles. The molecule has 0 aliphatic carbocycles. The Morgan fingerprint density at radius 2 is 1.79 bits per heavy atom. The molecule has 0 aliphatic heterocycles. The quantitative estimate of drug-likeness (QED) is 0.739. The Morgan fingerprint density at radius 1 is 1.16 bits per heavy atom. The number of unbranched alkanes of at least 4 members (excludes halogenated alkanes) is 2. The minimum absolute atomic E-state index is 0.0651. The molecule has 0 bridgehead atoms. The summed E-state index contributed by atoms with van der Waals surface area (Å²) < 4.78 is 0. The van der Waals surface area contributed by atoms with E-state index in [4.69, 9.17) is 0 Å². The number of benzene rings is 1. The van der Waals surface area contributed by atoms with Crippen LogP contribution in [0.25, 0.3) is 0 Å². The van der Waals surface area contributed by atoms with Crippen LogP contribution in [-0.4, -0.2) is 18.5 Å². The van der Waals surface area contributed by atoms with Gasteiger partial charge in [-0.15, -0.1) is 0 Å². The van der Waals surface area contributed by atoms with E-state index >= 15 is 0 Å². The minimum atomic E-state index is -0.206. The van der Waals surface area contributed by atoms with Crippen LogP contribution in [0.1, 0.15) is 44.2 Å². The smallest absolute Gasteiger partial charge is 0.242 e. The van der Waals surface area contributed by atoms with Gasteiger partial charge in [-0.3, -0.25) is 4.79 Å². The lowest BCUT2D eigenvalue weighted by atomic mass is 10.1. The average molecular weight is 262 g/mol. The number of nitrogens with one attached hydrogen (secondary N) is 2. The Hall–Kier alpha value is -1.51. The van der Waals surface area contributed by atoms with Crippen molar-refractivity contribution in [2.24, 2.45) is 0 Å². The lowest BCUT2D eigenvalue weighted by Gasteiger charge is -2.16. The van der Waals surface area contributed by atoms with E-state index in [1.54, 1.807) is 0 Å². The minimum Gasteiger partial charge on any atom is -0.374 e. The van der Waals surface area contributed by atoms with Crippen LogP contribution in [0.5, 0.6) is 0 Å². The summed E-state index contributed by atoms with van der Waals surface area (Å²) in [5.41, 5.74) is 3.42. The Balaban J connectivity index is 2.44. The van der Waals surface area contributed by atoms with E-state index in [2.05, 4.69) is 49.6 Å². The van der Waals surface area contributed by atoms with Crippen molar-refractivity contribution in [3.63, 3.8) is 0 Å². The van der Waals surface area contributed by atoms with Gasteiger partial charge in [0.25, 0.3) is 0 Å². The highest BCUT2D eigenvalue weighted by Crippen LogP contribution is 2.14. The third-order valence-corrected chi connectivity index (χ3v) is 3.08. The number of carbonyl (C=O) groups excluding carboxylic acids is 1. The zero-order valence-corrected chi connectivity index (χ0v) is 12.5. The van der Waals surface area contributed by atoms with Crippen LogP contribution in [0.3, 0.4) is 0 Å². The molecule has 1 unspecified atom stereocenters. The highest BCUT2D eigenvalue weighted by Gasteiger charge is 2.11. The van der Waals surface area contributed by atoms with Gasteiger partial charge < -0.3 is 10.6 Å². The van der Waals surface area contributed by atoms with Crippen molar-refractivity contribution in [1.82, 2.24) is 5.32 Å². The number of anilines is 1. The number of hydrogen-bond donors (Lipinski definition) is 2. The van der Waals surface area contributed by atoms with Crippen molar-refractivity contribution in [1.29, 1.82) is 0 Å². The van der Waals surface area contributed by atoms with Crippen LogP contribution in [0.15, 0.2) is 18.2 Å². The second kappa shape index (κ2) is 7.82. The van der Waals surface area contributed by atoms with Crippen LogP contribution >= 0.6 is 0 Å². The monoisotopic (exact) mass is 262 g/mol. The normalized spacial score (nSPS) is 12.0. The summed E-state index contributed by atoms with van der Waals surface area (Å²) in [6.07, 6.45) is 3.39. The molecule has 0 saturated heterocycles. The summed E-state index contributed by atoms with van der Waals surface area (Å²) in [4.78, 5) is 11.9. The largest absolute Gasteiger partial charge is 0.374 e. The topological polar surface area (TPSA) is 41.1 Å². The molecule has 3 heteroatoms. The Bertz CT molecular complexity index is 395. The predicted molar refractivity (Wildman–Crippen MR) is 81.5 cm³/mol. The molecule has 0 heterocycles. The fourth-order valence-corrected chi connectivity index (χ4v) is 2.11. The molecule has 0 spiro atoms. The summed E-state index contributed by atoms with van der Waals surface area (Å²) in [6, 6.07) is 6.05. The van der Waals surface area contributed by atoms with Gasteiger partial charge in [-0.25, -0.2) is 0 Å². The Kier molecular flexibility index (Phi) is 6.40. The predicted octanol–water partition coefficient (Wildman–Crippen LogP) is 3.41. The SMILES string of the molecule is CCCCCNC(=O)C(C)Nc1cc(C)cc(C)c1. The highest BCUT2D eigenvalue weighted by atomic mass is 16.2. The summed E-state index contributed by atoms with van der Waals surface area (Å²) in [5, 5.41) is 6.22. The fourth-order valence-electron chi connectivity index (χ4n) is 2.11. The van der Waals surface area contributed by atoms with Crippen LogP contribution in [0.2, 0.25) is 0 Å². The number of rotatable bonds is 7. The van der Waals surface area contributed by atoms with Crippen molar-refractivity contribution in [2.75, 3.05) is 11.9 Å². The lowest BCUT2D eigenvalue weighted by Crippen LogP contribution is -2.38. The number of amides is 1. The second-order valence-electron chi connectivity index (χ2n) is 5.24. The standard InChI is InChI=1S/C16H26N2O/c1-5-6-7-8-17-16(19)14(4)18-15-10-12(2)9-13(3)11-15/h9-11,14,18H,5-8H2,1-4H3,(H,17,19). The van der Waals surface area contributed by atoms with Gasteiger partial charge in [-0.1, -0.05) is 25.8 Å². The van der Waals surface area contributed by atoms with Gasteiger partial charge in [0, 0.05) is 12.2 Å². The first-order valence-electron chi connectivity index (χ1n) is 7.15. The van der Waals surface area contributed by atoms with Gasteiger partial charge in [0.05, 0.1) is 0 Å². The first-order chi connectivity index (χ1) is 9.02. The molecule has 0 aliphatic rings. The van der Waals surface area contributed by atoms with E-state index in [0.29, 0.717) is 0 Å². The van der Waals surface area contributed by atoms with E-state index < -0.39 is 0 Å². The maximum atomic E-state index is 11.9. The summed E-state index contributed by atoms with van der Waals surface area (Å²) in [6.45, 7) is 8.95. The first-order valence-corrected chi connectivity index (χ1v) is 7.15. The summed E-state index contributed by atoms with van der Waals surface area (Å²) in [5.74, 6) is 0.0651. The van der Waals surface area contributed by atoms with Crippen LogP contribution in [0, 0.1) is 13.8 Å². The molecule has 1 rings (SSSR count). The highest BCUT2D eigenvalue weighted by molar-refractivity contribution is 5.84. The van der Waals surface area contributed by atoms with Gasteiger partial charge in [-0.2, -0.15) is 0 Å². The molecular formula is C16H26N2O. The van der Waals surface area contributed by atoms with E-state index in [1.165, 1.54) is 24.0 Å². The molecule has 0 saturated carbocycles.